The van der Waals surface area contributed by atoms with Crippen molar-refractivity contribution in [1.29, 1.82) is 0 Å². The molecule has 0 aromatic carbocycles. The Kier molecular flexibility index (Phi) is 7.20. The molecule has 0 spiro atoms. The van der Waals surface area contributed by atoms with Gasteiger partial charge in [0.05, 0.1) is 11.7 Å². The van der Waals surface area contributed by atoms with Gasteiger partial charge in [0.1, 0.15) is 0 Å². The third-order valence-corrected chi connectivity index (χ3v) is 1.96. The molecule has 0 unspecified atom stereocenters. The number of carbonyl (C=O) groups is 1. The minimum atomic E-state index is -0.236. The van der Waals surface area contributed by atoms with Crippen LogP contribution >= 0.6 is 0 Å². The Balaban J connectivity index is 3.14. The van der Waals surface area contributed by atoms with Gasteiger partial charge in [-0.3, -0.25) is 0 Å². The molecule has 0 heterocycles. The SMILES string of the molecule is BNCCCCC[C@H](N)C(B)=O. The molecule has 0 aromatic heterocycles. The van der Waals surface area contributed by atoms with Crippen LogP contribution in [0, 0.1) is 0 Å². The maximum atomic E-state index is 10.7. The molecule has 0 aliphatic rings. The number of nitrogens with two attached hydrogens (primary N) is 1. The standard InChI is InChI=1S/C7H18B2N2O/c8-7(12)6(10)4-2-1-3-5-11-9/h6,11H,1-5,8-10H2/t6-/m0/s1. The molecule has 3 nitrogen and oxygen atoms in total. The number of nitrogens with one attached hydrogen (secondary N) is 1. The Hall–Kier alpha value is -0.280. The van der Waals surface area contributed by atoms with Crippen molar-refractivity contribution in [2.75, 3.05) is 6.54 Å². The molecule has 0 rings (SSSR count). The average Bonchev–Trinajstić information content (AvgIpc) is 2.03. The van der Waals surface area contributed by atoms with Gasteiger partial charge in [0, 0.05) is 0 Å². The van der Waals surface area contributed by atoms with Crippen molar-refractivity contribution in [2.24, 2.45) is 5.73 Å². The summed E-state index contributed by atoms with van der Waals surface area (Å²) in [4.78, 5) is 10.7. The first-order valence-corrected chi connectivity index (χ1v) is 4.59. The maximum absolute atomic E-state index is 10.7. The highest BCUT2D eigenvalue weighted by molar-refractivity contribution is 6.59. The minimum Gasteiger partial charge on any atom is -0.362 e. The summed E-state index contributed by atoms with van der Waals surface area (Å²) < 4.78 is 0. The summed E-state index contributed by atoms with van der Waals surface area (Å²) in [6.45, 7) is 1.05. The number of hydrogen-bond acceptors (Lipinski definition) is 3. The molecule has 0 aromatic rings. The summed E-state index contributed by atoms with van der Waals surface area (Å²) in [7, 11) is 3.50. The van der Waals surface area contributed by atoms with Gasteiger partial charge in [-0.05, 0) is 19.4 Å². The zero-order chi connectivity index (χ0) is 9.40. The molecule has 0 fully saturated rings. The molecule has 0 bridgehead atoms. The van der Waals surface area contributed by atoms with E-state index in [0.717, 1.165) is 25.8 Å². The van der Waals surface area contributed by atoms with Gasteiger partial charge in [-0.15, -0.1) is 0 Å². The smallest absolute Gasteiger partial charge is 0.189 e. The van der Waals surface area contributed by atoms with Gasteiger partial charge in [-0.1, -0.05) is 12.8 Å². The highest BCUT2D eigenvalue weighted by Crippen LogP contribution is 2.01. The summed E-state index contributed by atoms with van der Waals surface area (Å²) in [5.74, 6) is 0. The number of unbranched alkanes of at least 4 members (excludes halogenated alkanes) is 2. The first-order chi connectivity index (χ1) is 5.68. The van der Waals surface area contributed by atoms with Crippen molar-refractivity contribution < 1.29 is 4.79 Å². The molecule has 0 amide bonds. The van der Waals surface area contributed by atoms with Crippen LogP contribution in [-0.2, 0) is 4.79 Å². The molecule has 0 saturated carbocycles. The van der Waals surface area contributed by atoms with E-state index in [-0.39, 0.29) is 11.7 Å². The van der Waals surface area contributed by atoms with Crippen molar-refractivity contribution >= 4 is 21.5 Å². The van der Waals surface area contributed by atoms with Crippen molar-refractivity contribution in [2.45, 2.75) is 31.7 Å². The fraction of sp³-hybridized carbons (Fsp3) is 0.857. The fourth-order valence-electron chi connectivity index (χ4n) is 1.05. The Bertz CT molecular complexity index is 133. The van der Waals surface area contributed by atoms with Gasteiger partial charge in [-0.25, -0.2) is 0 Å². The molecular weight excluding hydrogens is 150 g/mol. The van der Waals surface area contributed by atoms with Crippen LogP contribution in [0.25, 0.3) is 0 Å². The lowest BCUT2D eigenvalue weighted by Gasteiger charge is -2.06. The predicted octanol–water partition coefficient (Wildman–Crippen LogP) is -1.83. The van der Waals surface area contributed by atoms with Gasteiger partial charge < -0.3 is 15.8 Å². The van der Waals surface area contributed by atoms with Crippen LogP contribution in [0.5, 0.6) is 0 Å². The molecule has 3 N–H and O–H groups in total. The van der Waals surface area contributed by atoms with Crippen LogP contribution < -0.4 is 11.0 Å². The number of hydrogen-bond donors (Lipinski definition) is 2. The van der Waals surface area contributed by atoms with Gasteiger partial charge in [0.2, 0.25) is 0 Å². The van der Waals surface area contributed by atoms with Crippen LogP contribution in [0.4, 0.5) is 0 Å². The van der Waals surface area contributed by atoms with E-state index < -0.39 is 0 Å². The lowest BCUT2D eigenvalue weighted by atomic mass is 9.92. The Labute approximate surface area is 76.3 Å². The highest BCUT2D eigenvalue weighted by atomic mass is 16.1. The average molecular weight is 168 g/mol. The lowest BCUT2D eigenvalue weighted by Crippen LogP contribution is -2.30. The zero-order valence-corrected chi connectivity index (χ0v) is 8.10. The fourth-order valence-corrected chi connectivity index (χ4v) is 1.05. The van der Waals surface area contributed by atoms with E-state index in [2.05, 4.69) is 5.23 Å². The van der Waals surface area contributed by atoms with Gasteiger partial charge in [0.25, 0.3) is 0 Å². The summed E-state index contributed by atoms with van der Waals surface area (Å²) in [5.41, 5.74) is 5.67. The second-order valence-corrected chi connectivity index (χ2v) is 3.17. The second kappa shape index (κ2) is 7.37. The van der Waals surface area contributed by atoms with E-state index in [9.17, 15) is 4.79 Å². The molecule has 0 saturated heterocycles. The van der Waals surface area contributed by atoms with Gasteiger partial charge in [0.15, 0.2) is 15.8 Å². The van der Waals surface area contributed by atoms with Gasteiger partial charge in [-0.2, -0.15) is 0 Å². The first kappa shape index (κ1) is 11.7. The van der Waals surface area contributed by atoms with Crippen LogP contribution in [0.3, 0.4) is 0 Å². The molecule has 5 heteroatoms. The Morgan fingerprint density at radius 3 is 2.58 bits per heavy atom. The summed E-state index contributed by atoms with van der Waals surface area (Å²) >= 11 is 0. The van der Waals surface area contributed by atoms with Gasteiger partial charge >= 0.3 is 0 Å². The largest absolute Gasteiger partial charge is 0.362 e. The van der Waals surface area contributed by atoms with Crippen LogP contribution in [0.2, 0.25) is 0 Å². The van der Waals surface area contributed by atoms with E-state index >= 15 is 0 Å². The number of carbonyl (C=O) groups excluding carboxylic acids is 1. The molecule has 0 aliphatic heterocycles. The third kappa shape index (κ3) is 6.43. The quantitative estimate of drug-likeness (QED) is 0.347. The van der Waals surface area contributed by atoms with E-state index in [1.165, 1.54) is 6.42 Å². The molecule has 68 valence electrons. The summed E-state index contributed by atoms with van der Waals surface area (Å²) in [6, 6.07) is -0.236. The molecular formula is C7H18B2N2O. The normalized spacial score (nSPS) is 12.8. The molecule has 1 atom stereocenters. The molecule has 0 radical (unpaired) electrons. The van der Waals surface area contributed by atoms with Crippen LogP contribution in [0.1, 0.15) is 25.7 Å². The third-order valence-electron chi connectivity index (χ3n) is 1.96. The molecule has 12 heavy (non-hydrogen) atoms. The van der Waals surface area contributed by atoms with Crippen LogP contribution in [0.15, 0.2) is 0 Å². The van der Waals surface area contributed by atoms with Crippen LogP contribution in [-0.4, -0.2) is 34.1 Å². The monoisotopic (exact) mass is 168 g/mol. The summed E-state index contributed by atoms with van der Waals surface area (Å²) in [5, 5.41) is 3.08. The minimum absolute atomic E-state index is 0.101. The topological polar surface area (TPSA) is 55.1 Å². The Morgan fingerprint density at radius 2 is 2.08 bits per heavy atom. The van der Waals surface area contributed by atoms with E-state index in [4.69, 9.17) is 5.73 Å². The summed E-state index contributed by atoms with van der Waals surface area (Å²) in [6.07, 6.45) is 4.21. The second-order valence-electron chi connectivity index (χ2n) is 3.17. The van der Waals surface area contributed by atoms with Crippen molar-refractivity contribution in [3.63, 3.8) is 0 Å². The van der Waals surface area contributed by atoms with E-state index in [1.807, 2.05) is 7.98 Å². The Morgan fingerprint density at radius 1 is 1.42 bits per heavy atom. The maximum Gasteiger partial charge on any atom is 0.189 e. The van der Waals surface area contributed by atoms with E-state index in [1.54, 1.807) is 7.85 Å². The lowest BCUT2D eigenvalue weighted by molar-refractivity contribution is -0.113. The highest BCUT2D eigenvalue weighted by Gasteiger charge is 2.05. The van der Waals surface area contributed by atoms with Crippen molar-refractivity contribution in [3.8, 4) is 0 Å². The van der Waals surface area contributed by atoms with Crippen molar-refractivity contribution in [1.82, 2.24) is 5.23 Å². The zero-order valence-electron chi connectivity index (χ0n) is 8.10. The first-order valence-electron chi connectivity index (χ1n) is 4.59. The predicted molar refractivity (Wildman–Crippen MR) is 56.5 cm³/mol. The number of rotatable bonds is 7. The van der Waals surface area contributed by atoms with E-state index in [0.29, 0.717) is 0 Å². The van der Waals surface area contributed by atoms with Crippen molar-refractivity contribution in [3.05, 3.63) is 0 Å². The molecule has 0 aliphatic carbocycles.